The predicted molar refractivity (Wildman–Crippen MR) is 76.6 cm³/mol. The van der Waals surface area contributed by atoms with E-state index in [-0.39, 0.29) is 11.8 Å². The lowest BCUT2D eigenvalue weighted by molar-refractivity contribution is -0.133. The molecule has 18 heavy (non-hydrogen) atoms. The second kappa shape index (κ2) is 7.20. The zero-order valence-electron chi connectivity index (χ0n) is 12.0. The smallest absolute Gasteiger partial charge is 0.230 e. The topological polar surface area (TPSA) is 20.3 Å². The Morgan fingerprint density at radius 3 is 2.11 bits per heavy atom. The Morgan fingerprint density at radius 1 is 1.11 bits per heavy atom. The minimum Gasteiger partial charge on any atom is -0.343 e. The zero-order valence-corrected chi connectivity index (χ0v) is 12.0. The maximum atomic E-state index is 12.6. The van der Waals surface area contributed by atoms with E-state index >= 15 is 0 Å². The number of amides is 1. The average Bonchev–Trinajstić information content (AvgIpc) is 2.41. The Labute approximate surface area is 111 Å². The summed E-state index contributed by atoms with van der Waals surface area (Å²) in [5.74, 6) is 0.636. The second-order valence-electron chi connectivity index (χ2n) is 4.78. The SMILES string of the molecule is CC[C@@H](C)[C@H](C(=O)N(CC)CC)c1ccccc1. The third-order valence-electron chi connectivity index (χ3n) is 3.71. The van der Waals surface area contributed by atoms with Crippen molar-refractivity contribution in [3.63, 3.8) is 0 Å². The van der Waals surface area contributed by atoms with E-state index in [1.165, 1.54) is 0 Å². The van der Waals surface area contributed by atoms with Gasteiger partial charge in [-0.3, -0.25) is 4.79 Å². The molecule has 2 atom stereocenters. The molecular weight excluding hydrogens is 222 g/mol. The molecule has 1 aromatic carbocycles. The first-order chi connectivity index (χ1) is 8.65. The number of likely N-dealkylation sites (N-methyl/N-ethyl adjacent to an activating group) is 1. The summed E-state index contributed by atoms with van der Waals surface area (Å²) < 4.78 is 0. The lowest BCUT2D eigenvalue weighted by atomic mass is 9.84. The van der Waals surface area contributed by atoms with Crippen LogP contribution in [0, 0.1) is 5.92 Å². The molecule has 0 bridgehead atoms. The average molecular weight is 247 g/mol. The minimum atomic E-state index is -0.00361. The molecule has 2 heteroatoms. The lowest BCUT2D eigenvalue weighted by Crippen LogP contribution is -2.37. The van der Waals surface area contributed by atoms with Gasteiger partial charge in [0.15, 0.2) is 0 Å². The first-order valence-electron chi connectivity index (χ1n) is 6.99. The van der Waals surface area contributed by atoms with E-state index in [2.05, 4.69) is 26.0 Å². The highest BCUT2D eigenvalue weighted by Gasteiger charge is 2.28. The summed E-state index contributed by atoms with van der Waals surface area (Å²) in [4.78, 5) is 14.6. The van der Waals surface area contributed by atoms with Crippen LogP contribution in [0.3, 0.4) is 0 Å². The summed E-state index contributed by atoms with van der Waals surface area (Å²) in [5.41, 5.74) is 1.14. The molecule has 0 unspecified atom stereocenters. The molecule has 0 aliphatic rings. The van der Waals surface area contributed by atoms with Gasteiger partial charge in [0, 0.05) is 13.1 Å². The Kier molecular flexibility index (Phi) is 5.90. The van der Waals surface area contributed by atoms with Crippen LogP contribution in [0.2, 0.25) is 0 Å². The molecule has 0 spiro atoms. The van der Waals surface area contributed by atoms with Crippen LogP contribution in [0.4, 0.5) is 0 Å². The van der Waals surface area contributed by atoms with Crippen molar-refractivity contribution < 1.29 is 4.79 Å². The van der Waals surface area contributed by atoms with Crippen molar-refractivity contribution in [2.75, 3.05) is 13.1 Å². The van der Waals surface area contributed by atoms with Crippen molar-refractivity contribution in [3.05, 3.63) is 35.9 Å². The van der Waals surface area contributed by atoms with E-state index in [4.69, 9.17) is 0 Å². The Bertz CT molecular complexity index is 357. The molecule has 0 heterocycles. The van der Waals surface area contributed by atoms with Gasteiger partial charge in [-0.05, 0) is 25.3 Å². The molecule has 100 valence electrons. The Morgan fingerprint density at radius 2 is 1.67 bits per heavy atom. The van der Waals surface area contributed by atoms with Gasteiger partial charge >= 0.3 is 0 Å². The first kappa shape index (κ1) is 14.7. The van der Waals surface area contributed by atoms with Crippen molar-refractivity contribution in [1.29, 1.82) is 0 Å². The molecule has 1 aromatic rings. The quantitative estimate of drug-likeness (QED) is 0.751. The van der Waals surface area contributed by atoms with E-state index in [0.29, 0.717) is 5.92 Å². The molecule has 0 radical (unpaired) electrons. The molecule has 1 rings (SSSR count). The zero-order chi connectivity index (χ0) is 13.5. The van der Waals surface area contributed by atoms with Crippen molar-refractivity contribution >= 4 is 5.91 Å². The normalized spacial score (nSPS) is 14.0. The van der Waals surface area contributed by atoms with Crippen molar-refractivity contribution in [3.8, 4) is 0 Å². The maximum Gasteiger partial charge on any atom is 0.230 e. The van der Waals surface area contributed by atoms with Gasteiger partial charge < -0.3 is 4.90 Å². The fourth-order valence-electron chi connectivity index (χ4n) is 2.34. The first-order valence-corrected chi connectivity index (χ1v) is 6.99. The van der Waals surface area contributed by atoms with Crippen LogP contribution < -0.4 is 0 Å². The van der Waals surface area contributed by atoms with Gasteiger partial charge in [-0.25, -0.2) is 0 Å². The molecule has 0 N–H and O–H groups in total. The molecular formula is C16H25NO. The fourth-order valence-corrected chi connectivity index (χ4v) is 2.34. The fraction of sp³-hybridized carbons (Fsp3) is 0.562. The summed E-state index contributed by atoms with van der Waals surface area (Å²) in [6.07, 6.45) is 1.02. The van der Waals surface area contributed by atoms with Crippen LogP contribution in [0.5, 0.6) is 0 Å². The molecule has 2 nitrogen and oxygen atoms in total. The second-order valence-corrected chi connectivity index (χ2v) is 4.78. The summed E-state index contributed by atoms with van der Waals surface area (Å²) in [6, 6.07) is 10.2. The molecule has 0 aliphatic heterocycles. The number of hydrogen-bond donors (Lipinski definition) is 0. The Balaban J connectivity index is 3.03. The van der Waals surface area contributed by atoms with E-state index in [9.17, 15) is 4.79 Å². The van der Waals surface area contributed by atoms with E-state index in [1.54, 1.807) is 0 Å². The monoisotopic (exact) mass is 247 g/mol. The van der Waals surface area contributed by atoms with Gasteiger partial charge in [0.2, 0.25) is 5.91 Å². The standard InChI is InChI=1S/C16H25NO/c1-5-13(4)15(14-11-9-8-10-12-14)16(18)17(6-2)7-3/h8-13,15H,5-7H2,1-4H3/t13-,15+/m1/s1. The summed E-state index contributed by atoms with van der Waals surface area (Å²) in [7, 11) is 0. The number of benzene rings is 1. The van der Waals surface area contributed by atoms with Gasteiger partial charge in [-0.1, -0.05) is 50.6 Å². The number of carbonyl (C=O) groups excluding carboxylic acids is 1. The van der Waals surface area contributed by atoms with Gasteiger partial charge in [0.25, 0.3) is 0 Å². The third-order valence-corrected chi connectivity index (χ3v) is 3.71. The maximum absolute atomic E-state index is 12.6. The number of carbonyl (C=O) groups is 1. The summed E-state index contributed by atoms with van der Waals surface area (Å²) in [6.45, 7) is 9.97. The third kappa shape index (κ3) is 3.34. The van der Waals surface area contributed by atoms with Crippen LogP contribution in [0.25, 0.3) is 0 Å². The minimum absolute atomic E-state index is 0.00361. The largest absolute Gasteiger partial charge is 0.343 e. The van der Waals surface area contributed by atoms with Crippen LogP contribution >= 0.6 is 0 Å². The summed E-state index contributed by atoms with van der Waals surface area (Å²) >= 11 is 0. The van der Waals surface area contributed by atoms with Crippen LogP contribution in [-0.4, -0.2) is 23.9 Å². The predicted octanol–water partition coefficient (Wildman–Crippen LogP) is 3.68. The molecule has 0 aliphatic carbocycles. The van der Waals surface area contributed by atoms with E-state index in [0.717, 1.165) is 25.1 Å². The van der Waals surface area contributed by atoms with Crippen molar-refractivity contribution in [1.82, 2.24) is 4.90 Å². The van der Waals surface area contributed by atoms with Gasteiger partial charge in [0.1, 0.15) is 0 Å². The molecule has 0 saturated heterocycles. The number of hydrogen-bond acceptors (Lipinski definition) is 1. The Hall–Kier alpha value is -1.31. The molecule has 1 amide bonds. The van der Waals surface area contributed by atoms with E-state index < -0.39 is 0 Å². The van der Waals surface area contributed by atoms with E-state index in [1.807, 2.05) is 36.9 Å². The molecule has 0 aromatic heterocycles. The number of nitrogens with zero attached hydrogens (tertiary/aromatic N) is 1. The van der Waals surface area contributed by atoms with Gasteiger partial charge in [0.05, 0.1) is 5.92 Å². The molecule has 0 fully saturated rings. The van der Waals surface area contributed by atoms with Crippen molar-refractivity contribution in [2.24, 2.45) is 5.92 Å². The highest BCUT2D eigenvalue weighted by atomic mass is 16.2. The van der Waals surface area contributed by atoms with Crippen LogP contribution in [0.15, 0.2) is 30.3 Å². The van der Waals surface area contributed by atoms with Crippen molar-refractivity contribution in [2.45, 2.75) is 40.0 Å². The van der Waals surface area contributed by atoms with Gasteiger partial charge in [-0.2, -0.15) is 0 Å². The lowest BCUT2D eigenvalue weighted by Gasteiger charge is -2.29. The number of rotatable bonds is 6. The van der Waals surface area contributed by atoms with Gasteiger partial charge in [-0.15, -0.1) is 0 Å². The summed E-state index contributed by atoms with van der Waals surface area (Å²) in [5, 5.41) is 0. The molecule has 0 saturated carbocycles. The van der Waals surface area contributed by atoms with Crippen LogP contribution in [0.1, 0.15) is 45.6 Å². The highest BCUT2D eigenvalue weighted by Crippen LogP contribution is 2.28. The highest BCUT2D eigenvalue weighted by molar-refractivity contribution is 5.84. The van der Waals surface area contributed by atoms with Crippen LogP contribution in [-0.2, 0) is 4.79 Å².